The Kier molecular flexibility index (Phi) is 8.57. The summed E-state index contributed by atoms with van der Waals surface area (Å²) < 4.78 is 0. The summed E-state index contributed by atoms with van der Waals surface area (Å²) in [4.78, 5) is 0. The summed E-state index contributed by atoms with van der Waals surface area (Å²) in [6.07, 6.45) is 22.1. The van der Waals surface area contributed by atoms with Gasteiger partial charge in [0.05, 0.1) is 0 Å². The zero-order chi connectivity index (χ0) is 11.5. The highest BCUT2D eigenvalue weighted by atomic mass is 14.1. The highest BCUT2D eigenvalue weighted by Gasteiger charge is 2.07. The second-order valence-electron chi connectivity index (χ2n) is 5.38. The topological polar surface area (TPSA) is 0 Å². The molecule has 0 saturated carbocycles. The predicted octanol–water partition coefficient (Wildman–Crippen LogP) is 5.87. The van der Waals surface area contributed by atoms with Crippen LogP contribution in [0.4, 0.5) is 0 Å². The fraction of sp³-hybridized carbons (Fsp3) is 0.875. The quantitative estimate of drug-likeness (QED) is 0.338. The molecule has 0 bridgehead atoms. The highest BCUT2D eigenvalue weighted by molar-refractivity contribution is 4.92. The normalized spacial score (nSPS) is 20.2. The van der Waals surface area contributed by atoms with Crippen LogP contribution in [0.1, 0.15) is 84.0 Å². The van der Waals surface area contributed by atoms with Gasteiger partial charge in [0.1, 0.15) is 0 Å². The van der Waals surface area contributed by atoms with Crippen molar-refractivity contribution in [3.05, 3.63) is 12.2 Å². The lowest BCUT2D eigenvalue weighted by atomic mass is 9.91. The van der Waals surface area contributed by atoms with Crippen LogP contribution < -0.4 is 0 Å². The van der Waals surface area contributed by atoms with Crippen molar-refractivity contribution < 1.29 is 0 Å². The molecule has 16 heavy (non-hydrogen) atoms. The van der Waals surface area contributed by atoms with Gasteiger partial charge in [0.25, 0.3) is 0 Å². The monoisotopic (exact) mass is 222 g/mol. The van der Waals surface area contributed by atoms with E-state index in [1.165, 1.54) is 77.0 Å². The van der Waals surface area contributed by atoms with Gasteiger partial charge >= 0.3 is 0 Å². The Bertz CT molecular complexity index is 169. The zero-order valence-electron chi connectivity index (χ0n) is 11.2. The SMILES string of the molecule is CCCCCCCCCCC1C=CCCC1. The minimum atomic E-state index is 0.925. The summed E-state index contributed by atoms with van der Waals surface area (Å²) in [5, 5.41) is 0. The lowest BCUT2D eigenvalue weighted by molar-refractivity contribution is 0.468. The third-order valence-electron chi connectivity index (χ3n) is 3.78. The smallest absolute Gasteiger partial charge is 0.0233 e. The first-order valence-corrected chi connectivity index (χ1v) is 7.60. The molecule has 0 amide bonds. The molecule has 0 aromatic rings. The van der Waals surface area contributed by atoms with E-state index >= 15 is 0 Å². The highest BCUT2D eigenvalue weighted by Crippen LogP contribution is 2.22. The molecule has 0 spiro atoms. The van der Waals surface area contributed by atoms with E-state index in [0.29, 0.717) is 0 Å². The van der Waals surface area contributed by atoms with Crippen molar-refractivity contribution in [2.24, 2.45) is 5.92 Å². The maximum atomic E-state index is 2.46. The number of unbranched alkanes of at least 4 members (excludes halogenated alkanes) is 7. The van der Waals surface area contributed by atoms with Crippen LogP contribution in [0.25, 0.3) is 0 Å². The zero-order valence-corrected chi connectivity index (χ0v) is 11.2. The van der Waals surface area contributed by atoms with Crippen LogP contribution in [-0.2, 0) is 0 Å². The van der Waals surface area contributed by atoms with Crippen LogP contribution in [0.15, 0.2) is 12.2 Å². The Labute approximate surface area is 103 Å². The molecule has 0 heteroatoms. The lowest BCUT2D eigenvalue weighted by Crippen LogP contribution is -2.00. The van der Waals surface area contributed by atoms with Gasteiger partial charge in [-0.05, 0) is 31.6 Å². The molecular weight excluding hydrogens is 192 g/mol. The third-order valence-corrected chi connectivity index (χ3v) is 3.78. The molecule has 0 fully saturated rings. The van der Waals surface area contributed by atoms with Gasteiger partial charge in [0, 0.05) is 0 Å². The first-order valence-electron chi connectivity index (χ1n) is 7.60. The second kappa shape index (κ2) is 9.93. The molecule has 1 aliphatic rings. The number of rotatable bonds is 9. The van der Waals surface area contributed by atoms with Crippen LogP contribution in [-0.4, -0.2) is 0 Å². The van der Waals surface area contributed by atoms with Gasteiger partial charge in [-0.15, -0.1) is 0 Å². The van der Waals surface area contributed by atoms with Crippen LogP contribution in [0.3, 0.4) is 0 Å². The van der Waals surface area contributed by atoms with Crippen molar-refractivity contribution in [1.82, 2.24) is 0 Å². The lowest BCUT2D eigenvalue weighted by Gasteiger charge is -2.15. The molecule has 0 N–H and O–H groups in total. The van der Waals surface area contributed by atoms with Gasteiger partial charge < -0.3 is 0 Å². The Balaban J connectivity index is 1.80. The van der Waals surface area contributed by atoms with Crippen LogP contribution in [0.5, 0.6) is 0 Å². The minimum Gasteiger partial charge on any atom is -0.0883 e. The summed E-state index contributed by atoms with van der Waals surface area (Å²) in [5.74, 6) is 0.925. The van der Waals surface area contributed by atoms with Gasteiger partial charge in [-0.1, -0.05) is 70.4 Å². The van der Waals surface area contributed by atoms with Crippen molar-refractivity contribution in [1.29, 1.82) is 0 Å². The Morgan fingerprint density at radius 1 is 0.938 bits per heavy atom. The van der Waals surface area contributed by atoms with Gasteiger partial charge in [-0.25, -0.2) is 0 Å². The first-order chi connectivity index (χ1) is 7.93. The van der Waals surface area contributed by atoms with Gasteiger partial charge in [0.15, 0.2) is 0 Å². The van der Waals surface area contributed by atoms with Crippen molar-refractivity contribution >= 4 is 0 Å². The summed E-state index contributed by atoms with van der Waals surface area (Å²) in [7, 11) is 0. The average Bonchev–Trinajstić information content (AvgIpc) is 2.34. The average molecular weight is 222 g/mol. The standard InChI is InChI=1S/C16H30/c1-2-3-4-5-6-7-8-10-13-16-14-11-9-12-15-16/h11,14,16H,2-10,12-13,15H2,1H3. The molecular formula is C16H30. The van der Waals surface area contributed by atoms with E-state index in [2.05, 4.69) is 19.1 Å². The van der Waals surface area contributed by atoms with Crippen LogP contribution >= 0.6 is 0 Å². The van der Waals surface area contributed by atoms with Crippen molar-refractivity contribution in [3.63, 3.8) is 0 Å². The van der Waals surface area contributed by atoms with E-state index in [4.69, 9.17) is 0 Å². The second-order valence-corrected chi connectivity index (χ2v) is 5.38. The molecule has 1 atom stereocenters. The number of hydrogen-bond acceptors (Lipinski definition) is 0. The van der Waals surface area contributed by atoms with Crippen LogP contribution in [0.2, 0.25) is 0 Å². The van der Waals surface area contributed by atoms with E-state index in [0.717, 1.165) is 5.92 Å². The summed E-state index contributed by atoms with van der Waals surface area (Å²) in [6.45, 7) is 2.29. The van der Waals surface area contributed by atoms with E-state index in [-0.39, 0.29) is 0 Å². The first kappa shape index (κ1) is 13.8. The predicted molar refractivity (Wildman–Crippen MR) is 73.7 cm³/mol. The maximum Gasteiger partial charge on any atom is -0.0233 e. The summed E-state index contributed by atoms with van der Waals surface area (Å²) in [6, 6.07) is 0. The van der Waals surface area contributed by atoms with Crippen molar-refractivity contribution in [2.45, 2.75) is 84.0 Å². The molecule has 1 rings (SSSR count). The minimum absolute atomic E-state index is 0.925. The van der Waals surface area contributed by atoms with Gasteiger partial charge in [-0.3, -0.25) is 0 Å². The molecule has 1 aliphatic carbocycles. The molecule has 0 heterocycles. The number of allylic oxidation sites excluding steroid dienone is 2. The fourth-order valence-electron chi connectivity index (χ4n) is 2.66. The Hall–Kier alpha value is -0.260. The molecule has 0 saturated heterocycles. The van der Waals surface area contributed by atoms with Gasteiger partial charge in [-0.2, -0.15) is 0 Å². The van der Waals surface area contributed by atoms with Crippen LogP contribution in [0, 0.1) is 5.92 Å². The summed E-state index contributed by atoms with van der Waals surface area (Å²) >= 11 is 0. The molecule has 0 aromatic heterocycles. The molecule has 0 aliphatic heterocycles. The van der Waals surface area contributed by atoms with Crippen molar-refractivity contribution in [3.8, 4) is 0 Å². The molecule has 0 radical (unpaired) electrons. The molecule has 94 valence electrons. The largest absolute Gasteiger partial charge is 0.0883 e. The molecule has 0 aromatic carbocycles. The van der Waals surface area contributed by atoms with E-state index in [1.807, 2.05) is 0 Å². The van der Waals surface area contributed by atoms with E-state index in [9.17, 15) is 0 Å². The van der Waals surface area contributed by atoms with Crippen molar-refractivity contribution in [2.75, 3.05) is 0 Å². The third kappa shape index (κ3) is 7.09. The van der Waals surface area contributed by atoms with E-state index < -0.39 is 0 Å². The molecule has 1 unspecified atom stereocenters. The number of hydrogen-bond donors (Lipinski definition) is 0. The Morgan fingerprint density at radius 2 is 1.62 bits per heavy atom. The Morgan fingerprint density at radius 3 is 2.25 bits per heavy atom. The molecule has 0 nitrogen and oxygen atoms in total. The van der Waals surface area contributed by atoms with E-state index in [1.54, 1.807) is 0 Å². The van der Waals surface area contributed by atoms with Gasteiger partial charge in [0.2, 0.25) is 0 Å². The summed E-state index contributed by atoms with van der Waals surface area (Å²) in [5.41, 5.74) is 0. The fourth-order valence-corrected chi connectivity index (χ4v) is 2.66. The maximum absolute atomic E-state index is 2.46.